The molecule has 1 aromatic heterocycles. The van der Waals surface area contributed by atoms with Gasteiger partial charge in [0.05, 0.1) is 0 Å². The van der Waals surface area contributed by atoms with Crippen molar-refractivity contribution in [2.24, 2.45) is 0 Å². The Morgan fingerprint density at radius 2 is 1.86 bits per heavy atom. The zero-order valence-electron chi connectivity index (χ0n) is 17.2. The maximum atomic E-state index is 12.3. The Morgan fingerprint density at radius 1 is 1.24 bits per heavy atom. The molecule has 0 aliphatic carbocycles. The molecule has 2 rings (SSSR count). The van der Waals surface area contributed by atoms with Crippen molar-refractivity contribution in [2.45, 2.75) is 40.2 Å². The first-order chi connectivity index (χ1) is 13.5. The van der Waals surface area contributed by atoms with Crippen molar-refractivity contribution in [2.75, 3.05) is 6.61 Å². The second-order valence-corrected chi connectivity index (χ2v) is 8.60. The molecule has 0 saturated heterocycles. The third kappa shape index (κ3) is 6.06. The van der Waals surface area contributed by atoms with E-state index in [9.17, 15) is 14.9 Å². The number of nitrogens with zero attached hydrogens (tertiary/aromatic N) is 2. The number of nitrogens with one attached hydrogen (secondary N) is 1. The number of nitriles is 1. The largest absolute Gasteiger partial charge is 0.451 e. The van der Waals surface area contributed by atoms with Gasteiger partial charge in [-0.05, 0) is 76.6 Å². The molecular weight excluding hydrogens is 434 g/mol. The highest BCUT2D eigenvalue weighted by atomic mass is 79.9. The van der Waals surface area contributed by atoms with Gasteiger partial charge in [-0.3, -0.25) is 4.79 Å². The highest BCUT2D eigenvalue weighted by Crippen LogP contribution is 2.24. The lowest BCUT2D eigenvalue weighted by Gasteiger charge is -2.20. The summed E-state index contributed by atoms with van der Waals surface area (Å²) >= 11 is 3.42. The van der Waals surface area contributed by atoms with Crippen LogP contribution in [0, 0.1) is 25.2 Å². The van der Waals surface area contributed by atoms with Crippen LogP contribution >= 0.6 is 15.9 Å². The first-order valence-electron chi connectivity index (χ1n) is 9.06. The van der Waals surface area contributed by atoms with E-state index in [0.29, 0.717) is 0 Å². The molecule has 1 N–H and O–H groups in total. The van der Waals surface area contributed by atoms with Crippen LogP contribution in [0.2, 0.25) is 0 Å². The smallest absolute Gasteiger partial charge is 0.349 e. The fourth-order valence-corrected chi connectivity index (χ4v) is 3.14. The molecule has 1 aromatic carbocycles. The van der Waals surface area contributed by atoms with Crippen molar-refractivity contribution in [3.05, 3.63) is 57.3 Å². The summed E-state index contributed by atoms with van der Waals surface area (Å²) in [6.07, 6.45) is 1.49. The van der Waals surface area contributed by atoms with E-state index in [0.717, 1.165) is 27.1 Å². The number of carbonyl (C=O) groups excluding carboxylic acids is 2. The van der Waals surface area contributed by atoms with Gasteiger partial charge in [-0.25, -0.2) is 4.79 Å². The standard InChI is InChI=1S/C22H24BrN3O3/c1-14-10-16(15(2)26(14)19-8-6-18(23)7-9-19)11-17(12-24)21(28)29-13-20(27)25-22(3,4)5/h6-11H,13H2,1-5H3,(H,25,27)/b17-11+. The average Bonchev–Trinajstić information content (AvgIpc) is 2.90. The zero-order valence-corrected chi connectivity index (χ0v) is 18.8. The SMILES string of the molecule is Cc1cc(/C=C(\C#N)C(=O)OCC(=O)NC(C)(C)C)c(C)n1-c1ccc(Br)cc1. The van der Waals surface area contributed by atoms with Gasteiger partial charge in [-0.1, -0.05) is 15.9 Å². The van der Waals surface area contributed by atoms with Crippen LogP contribution in [0.4, 0.5) is 0 Å². The van der Waals surface area contributed by atoms with E-state index in [2.05, 4.69) is 21.2 Å². The van der Waals surface area contributed by atoms with Crippen LogP contribution in [0.25, 0.3) is 11.8 Å². The number of benzene rings is 1. The van der Waals surface area contributed by atoms with Crippen LogP contribution in [0.5, 0.6) is 0 Å². The van der Waals surface area contributed by atoms with Crippen molar-refractivity contribution in [1.29, 1.82) is 5.26 Å². The predicted octanol–water partition coefficient (Wildman–Crippen LogP) is 4.22. The van der Waals surface area contributed by atoms with Crippen LogP contribution in [0.3, 0.4) is 0 Å². The summed E-state index contributed by atoms with van der Waals surface area (Å²) in [6, 6.07) is 11.6. The van der Waals surface area contributed by atoms with Crippen LogP contribution in [-0.2, 0) is 14.3 Å². The lowest BCUT2D eigenvalue weighted by atomic mass is 10.1. The number of ether oxygens (including phenoxy) is 1. The Bertz CT molecular complexity index is 990. The van der Waals surface area contributed by atoms with Gasteiger partial charge in [0.1, 0.15) is 11.6 Å². The monoisotopic (exact) mass is 457 g/mol. The molecule has 1 heterocycles. The first-order valence-corrected chi connectivity index (χ1v) is 9.86. The van der Waals surface area contributed by atoms with E-state index >= 15 is 0 Å². The third-order valence-electron chi connectivity index (χ3n) is 4.04. The number of rotatable bonds is 5. The maximum Gasteiger partial charge on any atom is 0.349 e. The number of halogens is 1. The van der Waals surface area contributed by atoms with E-state index < -0.39 is 24.0 Å². The van der Waals surface area contributed by atoms with E-state index in [1.807, 2.05) is 75.6 Å². The molecule has 0 unspecified atom stereocenters. The molecule has 0 fully saturated rings. The van der Waals surface area contributed by atoms with E-state index in [-0.39, 0.29) is 5.57 Å². The first kappa shape index (κ1) is 22.4. The van der Waals surface area contributed by atoms with Crippen LogP contribution in [0.1, 0.15) is 37.7 Å². The minimum absolute atomic E-state index is 0.162. The summed E-state index contributed by atoms with van der Waals surface area (Å²) in [5.74, 6) is -1.25. The van der Waals surface area contributed by atoms with Gasteiger partial charge in [0.25, 0.3) is 5.91 Å². The van der Waals surface area contributed by atoms with Crippen molar-refractivity contribution >= 4 is 33.9 Å². The molecule has 1 amide bonds. The summed E-state index contributed by atoms with van der Waals surface area (Å²) in [4.78, 5) is 24.1. The molecule has 7 heteroatoms. The molecule has 6 nitrogen and oxygen atoms in total. The minimum Gasteiger partial charge on any atom is -0.451 e. The van der Waals surface area contributed by atoms with Gasteiger partial charge in [-0.2, -0.15) is 5.26 Å². The van der Waals surface area contributed by atoms with Gasteiger partial charge in [-0.15, -0.1) is 0 Å². The Labute approximate surface area is 179 Å². The molecule has 0 aliphatic heterocycles. The molecule has 0 bridgehead atoms. The summed E-state index contributed by atoms with van der Waals surface area (Å²) in [5.41, 5.74) is 2.97. The van der Waals surface area contributed by atoms with Crippen molar-refractivity contribution < 1.29 is 14.3 Å². The molecule has 0 saturated carbocycles. The van der Waals surface area contributed by atoms with Gasteiger partial charge in [0, 0.05) is 27.1 Å². The number of hydrogen-bond acceptors (Lipinski definition) is 4. The van der Waals surface area contributed by atoms with E-state index in [1.54, 1.807) is 0 Å². The number of carbonyl (C=O) groups is 2. The van der Waals surface area contributed by atoms with Gasteiger partial charge < -0.3 is 14.6 Å². The average molecular weight is 458 g/mol. The number of esters is 1. The minimum atomic E-state index is -0.829. The molecule has 0 radical (unpaired) electrons. The Morgan fingerprint density at radius 3 is 2.41 bits per heavy atom. The quantitative estimate of drug-likeness (QED) is 0.413. The van der Waals surface area contributed by atoms with Crippen molar-refractivity contribution in [3.63, 3.8) is 0 Å². The van der Waals surface area contributed by atoms with Gasteiger partial charge in [0.2, 0.25) is 0 Å². The topological polar surface area (TPSA) is 84.1 Å². The van der Waals surface area contributed by atoms with Gasteiger partial charge >= 0.3 is 5.97 Å². The lowest BCUT2D eigenvalue weighted by Crippen LogP contribution is -2.42. The van der Waals surface area contributed by atoms with E-state index in [4.69, 9.17) is 4.74 Å². The summed E-state index contributed by atoms with van der Waals surface area (Å²) in [7, 11) is 0. The number of aromatic nitrogens is 1. The third-order valence-corrected chi connectivity index (χ3v) is 4.57. The van der Waals surface area contributed by atoms with E-state index in [1.165, 1.54) is 6.08 Å². The van der Waals surface area contributed by atoms with Crippen molar-refractivity contribution in [3.8, 4) is 11.8 Å². The molecule has 29 heavy (non-hydrogen) atoms. The van der Waals surface area contributed by atoms with Crippen LogP contribution in [0.15, 0.2) is 40.4 Å². The molecule has 0 atom stereocenters. The number of hydrogen-bond donors (Lipinski definition) is 1. The second-order valence-electron chi connectivity index (χ2n) is 7.68. The zero-order chi connectivity index (χ0) is 21.8. The Hall–Kier alpha value is -2.85. The number of amides is 1. The molecule has 152 valence electrons. The van der Waals surface area contributed by atoms with Gasteiger partial charge in [0.15, 0.2) is 6.61 Å². The highest BCUT2D eigenvalue weighted by Gasteiger charge is 2.18. The second kappa shape index (κ2) is 9.10. The Balaban J connectivity index is 2.22. The Kier molecular flexibility index (Phi) is 7.04. The molecule has 0 aliphatic rings. The molecular formula is C22H24BrN3O3. The normalized spacial score (nSPS) is 11.7. The van der Waals surface area contributed by atoms with Crippen molar-refractivity contribution in [1.82, 2.24) is 9.88 Å². The summed E-state index contributed by atoms with van der Waals surface area (Å²) < 4.78 is 8.01. The molecule has 0 spiro atoms. The van der Waals surface area contributed by atoms with Crippen LogP contribution < -0.4 is 5.32 Å². The predicted molar refractivity (Wildman–Crippen MR) is 115 cm³/mol. The maximum absolute atomic E-state index is 12.3. The van der Waals surface area contributed by atoms with Crippen LogP contribution in [-0.4, -0.2) is 28.6 Å². The fraction of sp³-hybridized carbons (Fsp3) is 0.318. The molecule has 2 aromatic rings. The summed E-state index contributed by atoms with van der Waals surface area (Å²) in [5, 5.41) is 12.1. The number of aryl methyl sites for hydroxylation is 1. The highest BCUT2D eigenvalue weighted by molar-refractivity contribution is 9.10. The summed E-state index contributed by atoms with van der Waals surface area (Å²) in [6.45, 7) is 8.91. The fourth-order valence-electron chi connectivity index (χ4n) is 2.88. The lowest BCUT2D eigenvalue weighted by molar-refractivity contribution is -0.144.